The Morgan fingerprint density at radius 1 is 1.31 bits per heavy atom. The first-order chi connectivity index (χ1) is 13.6. The maximum absolute atomic E-state index is 11.1. The standard InChI is InChI=1S/C21H20ClN5O2/c1-11-13(6-21(2,3)27-20(28)29)8-25-9-16(11)14-4-12-5-18(24)26-10-17(12)19(22)15(14)7-23/h4-5,8-10,27H,6H2,1-3H3,(H2,24,26)(H,28,29). The Balaban J connectivity index is 2.18. The minimum atomic E-state index is -1.09. The van der Waals surface area contributed by atoms with Crippen molar-refractivity contribution in [3.63, 3.8) is 0 Å². The normalized spacial score (nSPS) is 11.3. The highest BCUT2D eigenvalue weighted by molar-refractivity contribution is 6.37. The lowest BCUT2D eigenvalue weighted by atomic mass is 9.89. The third-order valence-corrected chi connectivity index (χ3v) is 5.17. The number of nitrogens with two attached hydrogens (primary N) is 1. The number of rotatable bonds is 4. The third-order valence-electron chi connectivity index (χ3n) is 4.78. The summed E-state index contributed by atoms with van der Waals surface area (Å²) in [5.74, 6) is 0.356. The van der Waals surface area contributed by atoms with Crippen molar-refractivity contribution in [1.29, 1.82) is 5.26 Å². The highest BCUT2D eigenvalue weighted by atomic mass is 35.5. The predicted octanol–water partition coefficient (Wildman–Crippen LogP) is 4.30. The lowest BCUT2D eigenvalue weighted by molar-refractivity contribution is 0.182. The van der Waals surface area contributed by atoms with Gasteiger partial charge in [0.2, 0.25) is 0 Å². The van der Waals surface area contributed by atoms with Gasteiger partial charge in [0.05, 0.1) is 10.6 Å². The van der Waals surface area contributed by atoms with Gasteiger partial charge in [0, 0.05) is 40.6 Å². The zero-order valence-electron chi connectivity index (χ0n) is 16.2. The molecule has 8 heteroatoms. The molecule has 148 valence electrons. The summed E-state index contributed by atoms with van der Waals surface area (Å²) in [6.45, 7) is 5.52. The van der Waals surface area contributed by atoms with Gasteiger partial charge < -0.3 is 16.2 Å². The zero-order valence-corrected chi connectivity index (χ0v) is 17.0. The van der Waals surface area contributed by atoms with Gasteiger partial charge in [-0.25, -0.2) is 9.78 Å². The zero-order chi connectivity index (χ0) is 21.3. The molecule has 2 aromatic heterocycles. The first-order valence-electron chi connectivity index (χ1n) is 8.86. The second kappa shape index (κ2) is 7.57. The minimum absolute atomic E-state index is 0.310. The molecule has 1 amide bonds. The van der Waals surface area contributed by atoms with E-state index in [4.69, 9.17) is 22.4 Å². The van der Waals surface area contributed by atoms with E-state index in [9.17, 15) is 10.1 Å². The molecule has 0 unspecified atom stereocenters. The van der Waals surface area contributed by atoms with Crippen molar-refractivity contribution in [2.24, 2.45) is 0 Å². The summed E-state index contributed by atoms with van der Waals surface area (Å²) in [5.41, 5.74) is 8.62. The van der Waals surface area contributed by atoms with E-state index in [0.29, 0.717) is 33.8 Å². The molecular formula is C21H20ClN5O2. The Morgan fingerprint density at radius 2 is 2.03 bits per heavy atom. The summed E-state index contributed by atoms with van der Waals surface area (Å²) < 4.78 is 0. The van der Waals surface area contributed by atoms with Gasteiger partial charge in [0.25, 0.3) is 0 Å². The van der Waals surface area contributed by atoms with E-state index in [2.05, 4.69) is 21.4 Å². The summed E-state index contributed by atoms with van der Waals surface area (Å²) in [6, 6.07) is 5.74. The molecule has 0 aliphatic rings. The fraction of sp³-hybridized carbons (Fsp3) is 0.238. The van der Waals surface area contributed by atoms with Crippen LogP contribution in [0.1, 0.15) is 30.5 Å². The number of nitriles is 1. The van der Waals surface area contributed by atoms with E-state index in [-0.39, 0.29) is 0 Å². The molecule has 0 saturated heterocycles. The van der Waals surface area contributed by atoms with Crippen molar-refractivity contribution >= 4 is 34.3 Å². The number of nitrogens with one attached hydrogen (secondary N) is 1. The van der Waals surface area contributed by atoms with E-state index >= 15 is 0 Å². The van der Waals surface area contributed by atoms with Crippen LogP contribution in [0.15, 0.2) is 30.7 Å². The summed E-state index contributed by atoms with van der Waals surface area (Å²) in [5, 5.41) is 23.0. The van der Waals surface area contributed by atoms with E-state index in [1.807, 2.05) is 13.0 Å². The summed E-state index contributed by atoms with van der Waals surface area (Å²) >= 11 is 6.51. The molecule has 0 spiro atoms. The fourth-order valence-electron chi connectivity index (χ4n) is 3.42. The third kappa shape index (κ3) is 4.08. The van der Waals surface area contributed by atoms with E-state index in [1.165, 1.54) is 0 Å². The van der Waals surface area contributed by atoms with Gasteiger partial charge in [-0.2, -0.15) is 5.26 Å². The maximum Gasteiger partial charge on any atom is 0.405 e. The van der Waals surface area contributed by atoms with Gasteiger partial charge in [-0.1, -0.05) is 11.6 Å². The quantitative estimate of drug-likeness (QED) is 0.589. The number of aromatic nitrogens is 2. The molecular weight excluding hydrogens is 390 g/mol. The number of hydrogen-bond acceptors (Lipinski definition) is 5. The molecule has 0 bridgehead atoms. The molecule has 0 atom stereocenters. The van der Waals surface area contributed by atoms with Crippen LogP contribution in [0.2, 0.25) is 5.02 Å². The van der Waals surface area contributed by atoms with E-state index in [1.54, 1.807) is 38.5 Å². The van der Waals surface area contributed by atoms with Crippen molar-refractivity contribution in [2.75, 3.05) is 5.73 Å². The number of carbonyl (C=O) groups is 1. The number of halogens is 1. The van der Waals surface area contributed by atoms with Crippen LogP contribution in [-0.2, 0) is 6.42 Å². The van der Waals surface area contributed by atoms with Gasteiger partial charge in [0.15, 0.2) is 0 Å². The molecule has 7 nitrogen and oxygen atoms in total. The SMILES string of the molecule is Cc1c(CC(C)(C)NC(=O)O)cncc1-c1cc2cc(N)ncc2c(Cl)c1C#N. The molecule has 29 heavy (non-hydrogen) atoms. The largest absolute Gasteiger partial charge is 0.465 e. The molecule has 0 radical (unpaired) electrons. The van der Waals surface area contributed by atoms with Crippen molar-refractivity contribution in [3.05, 3.63) is 52.4 Å². The van der Waals surface area contributed by atoms with Crippen molar-refractivity contribution in [1.82, 2.24) is 15.3 Å². The summed E-state index contributed by atoms with van der Waals surface area (Å²) in [4.78, 5) is 19.4. The van der Waals surface area contributed by atoms with Crippen LogP contribution in [0.5, 0.6) is 0 Å². The molecule has 2 heterocycles. The van der Waals surface area contributed by atoms with Crippen molar-refractivity contribution in [3.8, 4) is 17.2 Å². The Labute approximate surface area is 173 Å². The van der Waals surface area contributed by atoms with Crippen LogP contribution in [0, 0.1) is 18.3 Å². The number of amides is 1. The second-order valence-corrected chi connectivity index (χ2v) is 7.90. The van der Waals surface area contributed by atoms with Crippen LogP contribution < -0.4 is 11.1 Å². The Morgan fingerprint density at radius 3 is 2.69 bits per heavy atom. The summed E-state index contributed by atoms with van der Waals surface area (Å²) in [7, 11) is 0. The van der Waals surface area contributed by atoms with Crippen LogP contribution in [-0.4, -0.2) is 26.7 Å². The number of anilines is 1. The Bertz CT molecular complexity index is 1170. The first kappa shape index (κ1) is 20.4. The molecule has 4 N–H and O–H groups in total. The van der Waals surface area contributed by atoms with E-state index in [0.717, 1.165) is 22.1 Å². The van der Waals surface area contributed by atoms with Crippen LogP contribution in [0.25, 0.3) is 21.9 Å². The molecule has 3 aromatic rings. The lowest BCUT2D eigenvalue weighted by Crippen LogP contribution is -2.44. The molecule has 0 fully saturated rings. The van der Waals surface area contributed by atoms with Crippen LogP contribution in [0.3, 0.4) is 0 Å². The highest BCUT2D eigenvalue weighted by Crippen LogP contribution is 2.37. The molecule has 0 aliphatic carbocycles. The molecule has 1 aromatic carbocycles. The Hall–Kier alpha value is -3.37. The number of hydrogen-bond donors (Lipinski definition) is 3. The van der Waals surface area contributed by atoms with Gasteiger partial charge >= 0.3 is 6.09 Å². The molecule has 3 rings (SSSR count). The fourth-order valence-corrected chi connectivity index (χ4v) is 3.72. The number of pyridine rings is 2. The Kier molecular flexibility index (Phi) is 5.31. The number of benzene rings is 1. The number of nitrogen functional groups attached to an aromatic ring is 1. The predicted molar refractivity (Wildman–Crippen MR) is 113 cm³/mol. The number of carboxylic acid groups (broad SMARTS) is 1. The molecule has 0 saturated carbocycles. The monoisotopic (exact) mass is 409 g/mol. The second-order valence-electron chi connectivity index (χ2n) is 7.52. The van der Waals surface area contributed by atoms with Gasteiger partial charge in [-0.15, -0.1) is 0 Å². The van der Waals surface area contributed by atoms with Gasteiger partial charge in [-0.05, 0) is 55.8 Å². The average Bonchev–Trinajstić information content (AvgIpc) is 2.62. The lowest BCUT2D eigenvalue weighted by Gasteiger charge is -2.26. The maximum atomic E-state index is 11.1. The minimum Gasteiger partial charge on any atom is -0.465 e. The highest BCUT2D eigenvalue weighted by Gasteiger charge is 2.23. The number of fused-ring (bicyclic) bond motifs is 1. The first-order valence-corrected chi connectivity index (χ1v) is 9.23. The van der Waals surface area contributed by atoms with Crippen molar-refractivity contribution < 1.29 is 9.90 Å². The van der Waals surface area contributed by atoms with Crippen LogP contribution in [0.4, 0.5) is 10.6 Å². The van der Waals surface area contributed by atoms with Crippen molar-refractivity contribution in [2.45, 2.75) is 32.7 Å². The topological polar surface area (TPSA) is 125 Å². The van der Waals surface area contributed by atoms with Gasteiger partial charge in [-0.3, -0.25) is 4.98 Å². The smallest absolute Gasteiger partial charge is 0.405 e. The summed E-state index contributed by atoms with van der Waals surface area (Å²) in [6.07, 6.45) is 4.29. The van der Waals surface area contributed by atoms with Gasteiger partial charge in [0.1, 0.15) is 11.9 Å². The van der Waals surface area contributed by atoms with E-state index < -0.39 is 11.6 Å². The number of nitrogens with zero attached hydrogens (tertiary/aromatic N) is 3. The molecule has 0 aliphatic heterocycles. The van der Waals surface area contributed by atoms with Crippen LogP contribution >= 0.6 is 11.6 Å². The average molecular weight is 410 g/mol.